The van der Waals surface area contributed by atoms with Crippen LogP contribution in [0.5, 0.6) is 0 Å². The fourth-order valence-electron chi connectivity index (χ4n) is 6.13. The van der Waals surface area contributed by atoms with E-state index in [9.17, 15) is 34.1 Å². The highest BCUT2D eigenvalue weighted by Gasteiger charge is 2.28. The Hall–Kier alpha value is -1.78. The molecular weight excluding hydrogens is 709 g/mol. The van der Waals surface area contributed by atoms with Gasteiger partial charge in [-0.25, -0.2) is 9.36 Å². The van der Waals surface area contributed by atoms with Crippen LogP contribution in [0.25, 0.3) is 0 Å². The zero-order valence-corrected chi connectivity index (χ0v) is 35.2. The predicted molar refractivity (Wildman–Crippen MR) is 217 cm³/mol. The van der Waals surface area contributed by atoms with Crippen LogP contribution in [0.3, 0.4) is 0 Å². The SMILES string of the molecule is CCCCCCCCC/C=C\CCCCCCCC(=O)NC(COP(=O)(O)OCC(O)COC(=O)CCCCCCCCCCCCCCCC)C(=O)O. The van der Waals surface area contributed by atoms with E-state index in [0.717, 1.165) is 57.8 Å². The van der Waals surface area contributed by atoms with Gasteiger partial charge in [-0.3, -0.25) is 18.6 Å². The fraction of sp³-hybridized carbons (Fsp3) is 0.881. The number of hydrogen-bond donors (Lipinski definition) is 4. The standard InChI is InChI=1S/C42H80NO10P/c1-3-5-7-9-11-13-15-17-19-20-21-23-25-27-29-31-33-40(45)43-39(42(47)48)37-53-54(49,50)52-36-38(44)35-51-41(46)34-32-30-28-26-24-22-18-16-14-12-10-8-6-4-2/h19-20,38-39,44H,3-18,21-37H2,1-2H3,(H,43,45)(H,47,48)(H,49,50)/b20-19-. The maximum Gasteiger partial charge on any atom is 0.472 e. The highest BCUT2D eigenvalue weighted by atomic mass is 31.2. The average molecular weight is 790 g/mol. The number of aliphatic hydroxyl groups is 1. The molecule has 0 saturated carbocycles. The van der Waals surface area contributed by atoms with Crippen molar-refractivity contribution < 1.29 is 47.8 Å². The van der Waals surface area contributed by atoms with Crippen molar-refractivity contribution in [2.45, 2.75) is 219 Å². The molecule has 0 aliphatic carbocycles. The summed E-state index contributed by atoms with van der Waals surface area (Å²) in [6.45, 7) is 2.60. The molecule has 0 heterocycles. The van der Waals surface area contributed by atoms with Gasteiger partial charge in [0, 0.05) is 12.8 Å². The number of unbranched alkanes of at least 4 members (excludes halogenated alkanes) is 25. The van der Waals surface area contributed by atoms with Crippen molar-refractivity contribution in [3.8, 4) is 0 Å². The second-order valence-electron chi connectivity index (χ2n) is 14.9. The molecule has 11 nitrogen and oxygen atoms in total. The van der Waals surface area contributed by atoms with Crippen LogP contribution in [0, 0.1) is 0 Å². The Kier molecular flexibility index (Phi) is 36.9. The number of ether oxygens (including phenoxy) is 1. The van der Waals surface area contributed by atoms with E-state index in [-0.39, 0.29) is 12.8 Å². The van der Waals surface area contributed by atoms with Gasteiger partial charge in [0.2, 0.25) is 5.91 Å². The number of aliphatic hydroxyl groups excluding tert-OH is 1. The number of esters is 1. The smallest absolute Gasteiger partial charge is 0.472 e. The molecule has 3 atom stereocenters. The normalized spacial score (nSPS) is 13.9. The number of carbonyl (C=O) groups excluding carboxylic acids is 2. The molecule has 0 fully saturated rings. The summed E-state index contributed by atoms with van der Waals surface area (Å²) in [6, 6.07) is -1.55. The van der Waals surface area contributed by atoms with Crippen LogP contribution in [-0.2, 0) is 32.7 Å². The number of carboxylic acids is 1. The number of hydrogen-bond acceptors (Lipinski definition) is 8. The lowest BCUT2D eigenvalue weighted by Gasteiger charge is -2.18. The lowest BCUT2D eigenvalue weighted by molar-refractivity contribution is -0.147. The summed E-state index contributed by atoms with van der Waals surface area (Å²) in [5.41, 5.74) is 0. The van der Waals surface area contributed by atoms with Crippen LogP contribution < -0.4 is 5.32 Å². The molecular formula is C42H80NO10P. The molecule has 0 aromatic carbocycles. The summed E-state index contributed by atoms with van der Waals surface area (Å²) in [5.74, 6) is -2.37. The molecule has 318 valence electrons. The number of carboxylic acid groups (broad SMARTS) is 1. The molecule has 0 aliphatic rings. The monoisotopic (exact) mass is 790 g/mol. The van der Waals surface area contributed by atoms with Crippen LogP contribution in [-0.4, -0.2) is 64.9 Å². The van der Waals surface area contributed by atoms with E-state index < -0.39 is 57.6 Å². The minimum atomic E-state index is -4.75. The number of phosphoric ester groups is 1. The minimum Gasteiger partial charge on any atom is -0.480 e. The van der Waals surface area contributed by atoms with E-state index >= 15 is 0 Å². The van der Waals surface area contributed by atoms with Gasteiger partial charge >= 0.3 is 19.8 Å². The Morgan fingerprint density at radius 2 is 0.963 bits per heavy atom. The Morgan fingerprint density at radius 1 is 0.574 bits per heavy atom. The first-order chi connectivity index (χ1) is 26.1. The predicted octanol–water partition coefficient (Wildman–Crippen LogP) is 10.9. The van der Waals surface area contributed by atoms with Crippen molar-refractivity contribution in [3.05, 3.63) is 12.2 Å². The first-order valence-corrected chi connectivity index (χ1v) is 23.2. The van der Waals surface area contributed by atoms with E-state index in [1.807, 2.05) is 0 Å². The Bertz CT molecular complexity index is 979. The lowest BCUT2D eigenvalue weighted by atomic mass is 10.0. The van der Waals surface area contributed by atoms with Crippen molar-refractivity contribution in [1.82, 2.24) is 5.32 Å². The third-order valence-electron chi connectivity index (χ3n) is 9.55. The quantitative estimate of drug-likeness (QED) is 0.0202. The van der Waals surface area contributed by atoms with E-state index in [0.29, 0.717) is 12.8 Å². The number of carbonyl (C=O) groups is 3. The topological polar surface area (TPSA) is 169 Å². The zero-order valence-electron chi connectivity index (χ0n) is 34.3. The highest BCUT2D eigenvalue weighted by Crippen LogP contribution is 2.43. The van der Waals surface area contributed by atoms with E-state index in [1.165, 1.54) is 109 Å². The molecule has 3 unspecified atom stereocenters. The molecule has 54 heavy (non-hydrogen) atoms. The van der Waals surface area contributed by atoms with Crippen molar-refractivity contribution >= 4 is 25.7 Å². The van der Waals surface area contributed by atoms with Gasteiger partial charge < -0.3 is 25.2 Å². The van der Waals surface area contributed by atoms with Crippen LogP contribution in [0.2, 0.25) is 0 Å². The maximum atomic E-state index is 12.3. The second kappa shape index (κ2) is 38.1. The molecule has 0 bridgehead atoms. The first kappa shape index (κ1) is 52.2. The molecule has 0 aliphatic heterocycles. The second-order valence-corrected chi connectivity index (χ2v) is 16.3. The highest BCUT2D eigenvalue weighted by molar-refractivity contribution is 7.47. The van der Waals surface area contributed by atoms with Gasteiger partial charge in [-0.2, -0.15) is 0 Å². The molecule has 0 aromatic rings. The van der Waals surface area contributed by atoms with Crippen molar-refractivity contribution in [1.29, 1.82) is 0 Å². The molecule has 0 radical (unpaired) electrons. The van der Waals surface area contributed by atoms with Crippen LogP contribution >= 0.6 is 7.82 Å². The number of aliphatic carboxylic acids is 1. The molecule has 12 heteroatoms. The first-order valence-electron chi connectivity index (χ1n) is 21.7. The van der Waals surface area contributed by atoms with Gasteiger partial charge in [-0.05, 0) is 38.5 Å². The third-order valence-corrected chi connectivity index (χ3v) is 10.5. The average Bonchev–Trinajstić information content (AvgIpc) is 3.14. The lowest BCUT2D eigenvalue weighted by Crippen LogP contribution is -2.43. The van der Waals surface area contributed by atoms with Crippen molar-refractivity contribution in [2.24, 2.45) is 0 Å². The van der Waals surface area contributed by atoms with Gasteiger partial charge in [0.05, 0.1) is 13.2 Å². The molecule has 4 N–H and O–H groups in total. The number of phosphoric acid groups is 1. The Balaban J connectivity index is 3.91. The van der Waals surface area contributed by atoms with Gasteiger partial charge in [0.15, 0.2) is 6.04 Å². The Morgan fingerprint density at radius 3 is 1.41 bits per heavy atom. The minimum absolute atomic E-state index is 0.139. The summed E-state index contributed by atoms with van der Waals surface area (Å²) in [7, 11) is -4.75. The summed E-state index contributed by atoms with van der Waals surface area (Å²) < 4.78 is 26.8. The van der Waals surface area contributed by atoms with Gasteiger partial charge in [0.25, 0.3) is 0 Å². The zero-order chi connectivity index (χ0) is 40.0. The van der Waals surface area contributed by atoms with Gasteiger partial charge in [0.1, 0.15) is 12.7 Å². The Labute approximate surface area is 328 Å². The summed E-state index contributed by atoms with van der Waals surface area (Å²) >= 11 is 0. The molecule has 0 rings (SSSR count). The van der Waals surface area contributed by atoms with Crippen molar-refractivity contribution in [2.75, 3.05) is 19.8 Å². The van der Waals surface area contributed by atoms with Crippen molar-refractivity contribution in [3.63, 3.8) is 0 Å². The summed E-state index contributed by atoms with van der Waals surface area (Å²) in [5, 5.41) is 21.8. The molecule has 1 amide bonds. The molecule has 0 saturated heterocycles. The van der Waals surface area contributed by atoms with Crippen LogP contribution in [0.15, 0.2) is 12.2 Å². The van der Waals surface area contributed by atoms with Crippen LogP contribution in [0.1, 0.15) is 206 Å². The summed E-state index contributed by atoms with van der Waals surface area (Å²) in [6.07, 6.45) is 36.6. The van der Waals surface area contributed by atoms with E-state index in [4.69, 9.17) is 13.8 Å². The van der Waals surface area contributed by atoms with Crippen LogP contribution in [0.4, 0.5) is 0 Å². The number of nitrogens with one attached hydrogen (secondary N) is 1. The molecule has 0 spiro atoms. The van der Waals surface area contributed by atoms with Gasteiger partial charge in [-0.1, -0.05) is 167 Å². The number of rotatable bonds is 41. The molecule has 0 aromatic heterocycles. The summed E-state index contributed by atoms with van der Waals surface area (Å²) in [4.78, 5) is 45.8. The number of amides is 1. The van der Waals surface area contributed by atoms with E-state index in [1.54, 1.807) is 0 Å². The third kappa shape index (κ3) is 37.2. The maximum absolute atomic E-state index is 12.3. The number of allylic oxidation sites excluding steroid dienone is 2. The van der Waals surface area contributed by atoms with Gasteiger partial charge in [-0.15, -0.1) is 0 Å². The fourth-order valence-corrected chi connectivity index (χ4v) is 6.91. The van der Waals surface area contributed by atoms with E-state index in [2.05, 4.69) is 31.3 Å². The largest absolute Gasteiger partial charge is 0.480 e.